The van der Waals surface area contributed by atoms with E-state index in [1.807, 2.05) is 5.32 Å². The van der Waals surface area contributed by atoms with Crippen molar-refractivity contribution in [2.45, 2.75) is 25.4 Å². The molecule has 0 saturated heterocycles. The fourth-order valence-electron chi connectivity index (χ4n) is 1.68. The van der Waals surface area contributed by atoms with Gasteiger partial charge in [-0.15, -0.1) is 0 Å². The van der Waals surface area contributed by atoms with Gasteiger partial charge in [0.1, 0.15) is 11.9 Å². The summed E-state index contributed by atoms with van der Waals surface area (Å²) in [6.07, 6.45) is -0.753. The minimum Gasteiger partial charge on any atom is -0.481 e. The number of amides is 2. The molecular formula is C13H15FN2O5. The number of nitrogens with one attached hydrogen (secondary N) is 2. The summed E-state index contributed by atoms with van der Waals surface area (Å²) in [5.41, 5.74) is 0.234. The standard InChI is InChI=1S/C13H15FN2O5/c1-7(8-4-2-3-5-9(8)14)15-13(21)16-10(12(19)20)6-11(17)18/h2-5,7,10H,6H2,1H3,(H,17,18)(H,19,20)(H2,15,16,21). The van der Waals surface area contributed by atoms with Crippen LogP contribution in [-0.2, 0) is 9.59 Å². The number of urea groups is 1. The molecule has 8 heteroatoms. The van der Waals surface area contributed by atoms with E-state index in [9.17, 15) is 18.8 Å². The van der Waals surface area contributed by atoms with Gasteiger partial charge in [-0.2, -0.15) is 0 Å². The molecule has 0 radical (unpaired) electrons. The Morgan fingerprint density at radius 3 is 2.33 bits per heavy atom. The van der Waals surface area contributed by atoms with E-state index in [0.717, 1.165) is 0 Å². The van der Waals surface area contributed by atoms with Gasteiger partial charge in [-0.25, -0.2) is 14.0 Å². The predicted molar refractivity (Wildman–Crippen MR) is 70.2 cm³/mol. The molecule has 0 heterocycles. The minimum atomic E-state index is -1.56. The summed E-state index contributed by atoms with van der Waals surface area (Å²) in [7, 11) is 0. The molecule has 0 aromatic heterocycles. The number of hydrogen-bond donors (Lipinski definition) is 4. The number of carboxylic acids is 2. The molecule has 21 heavy (non-hydrogen) atoms. The first-order chi connectivity index (χ1) is 9.81. The van der Waals surface area contributed by atoms with E-state index in [1.165, 1.54) is 25.1 Å². The molecule has 0 aliphatic carbocycles. The summed E-state index contributed by atoms with van der Waals surface area (Å²) in [5, 5.41) is 21.7. The number of aliphatic carboxylic acids is 2. The first-order valence-electron chi connectivity index (χ1n) is 6.07. The van der Waals surface area contributed by atoms with Crippen LogP contribution in [0.4, 0.5) is 9.18 Å². The summed E-state index contributed by atoms with van der Waals surface area (Å²) in [6, 6.07) is 2.65. The summed E-state index contributed by atoms with van der Waals surface area (Å²) in [6.45, 7) is 1.52. The van der Waals surface area contributed by atoms with Crippen molar-refractivity contribution in [2.75, 3.05) is 0 Å². The van der Waals surface area contributed by atoms with E-state index in [-0.39, 0.29) is 5.56 Å². The quantitative estimate of drug-likeness (QED) is 0.628. The number of hydrogen-bond acceptors (Lipinski definition) is 3. The topological polar surface area (TPSA) is 116 Å². The van der Waals surface area contributed by atoms with Crippen molar-refractivity contribution in [3.05, 3.63) is 35.6 Å². The smallest absolute Gasteiger partial charge is 0.326 e. The van der Waals surface area contributed by atoms with E-state index >= 15 is 0 Å². The van der Waals surface area contributed by atoms with Gasteiger partial charge in [0.05, 0.1) is 12.5 Å². The third kappa shape index (κ3) is 5.09. The van der Waals surface area contributed by atoms with Crippen molar-refractivity contribution in [3.63, 3.8) is 0 Å². The van der Waals surface area contributed by atoms with Crippen molar-refractivity contribution in [3.8, 4) is 0 Å². The van der Waals surface area contributed by atoms with Gasteiger partial charge < -0.3 is 20.8 Å². The first kappa shape index (κ1) is 16.4. The van der Waals surface area contributed by atoms with Crippen molar-refractivity contribution in [1.82, 2.24) is 10.6 Å². The normalized spacial score (nSPS) is 13.0. The Morgan fingerprint density at radius 2 is 1.81 bits per heavy atom. The molecule has 0 saturated carbocycles. The van der Waals surface area contributed by atoms with E-state index < -0.39 is 42.3 Å². The highest BCUT2D eigenvalue weighted by molar-refractivity contribution is 5.86. The fraction of sp³-hybridized carbons (Fsp3) is 0.308. The maximum atomic E-state index is 13.5. The van der Waals surface area contributed by atoms with Crippen LogP contribution >= 0.6 is 0 Å². The largest absolute Gasteiger partial charge is 0.481 e. The number of carbonyl (C=O) groups excluding carboxylic acids is 1. The second kappa shape index (κ2) is 7.22. The Labute approximate surface area is 119 Å². The molecule has 1 aromatic rings. The molecule has 2 unspecified atom stereocenters. The zero-order valence-electron chi connectivity index (χ0n) is 11.2. The number of carbonyl (C=O) groups is 3. The number of halogens is 1. The van der Waals surface area contributed by atoms with Crippen LogP contribution in [-0.4, -0.2) is 34.2 Å². The van der Waals surface area contributed by atoms with Crippen LogP contribution in [0.15, 0.2) is 24.3 Å². The van der Waals surface area contributed by atoms with Gasteiger partial charge in [0.2, 0.25) is 0 Å². The lowest BCUT2D eigenvalue weighted by Crippen LogP contribution is -2.47. The highest BCUT2D eigenvalue weighted by Crippen LogP contribution is 2.15. The van der Waals surface area contributed by atoms with E-state index in [0.29, 0.717) is 0 Å². The Balaban J connectivity index is 2.66. The Kier molecular flexibility index (Phi) is 5.65. The van der Waals surface area contributed by atoms with Crippen LogP contribution < -0.4 is 10.6 Å². The second-order valence-electron chi connectivity index (χ2n) is 4.35. The van der Waals surface area contributed by atoms with Crippen LogP contribution in [0.1, 0.15) is 24.9 Å². The average Bonchev–Trinajstić information content (AvgIpc) is 2.37. The molecule has 0 aliphatic heterocycles. The SMILES string of the molecule is CC(NC(=O)NC(CC(=O)O)C(=O)O)c1ccccc1F. The Hall–Kier alpha value is -2.64. The summed E-state index contributed by atoms with van der Waals surface area (Å²) in [5.74, 6) is -3.33. The van der Waals surface area contributed by atoms with E-state index in [2.05, 4.69) is 5.32 Å². The molecule has 0 bridgehead atoms. The maximum Gasteiger partial charge on any atom is 0.326 e. The molecule has 114 valence electrons. The molecule has 0 aliphatic rings. The van der Waals surface area contributed by atoms with Crippen molar-refractivity contribution in [2.24, 2.45) is 0 Å². The van der Waals surface area contributed by atoms with Crippen molar-refractivity contribution in [1.29, 1.82) is 0 Å². The number of carboxylic acid groups (broad SMARTS) is 2. The number of rotatable bonds is 6. The van der Waals surface area contributed by atoms with Crippen LogP contribution in [0.25, 0.3) is 0 Å². The fourth-order valence-corrected chi connectivity index (χ4v) is 1.68. The van der Waals surface area contributed by atoms with Gasteiger partial charge >= 0.3 is 18.0 Å². The lowest BCUT2D eigenvalue weighted by Gasteiger charge is -2.18. The molecule has 1 rings (SSSR count). The second-order valence-corrected chi connectivity index (χ2v) is 4.35. The first-order valence-corrected chi connectivity index (χ1v) is 6.07. The monoisotopic (exact) mass is 298 g/mol. The average molecular weight is 298 g/mol. The molecule has 0 spiro atoms. The van der Waals surface area contributed by atoms with Crippen molar-refractivity contribution >= 4 is 18.0 Å². The molecule has 2 atom stereocenters. The maximum absolute atomic E-state index is 13.5. The van der Waals surface area contributed by atoms with E-state index in [1.54, 1.807) is 6.07 Å². The van der Waals surface area contributed by atoms with Crippen LogP contribution in [0.3, 0.4) is 0 Å². The summed E-state index contributed by atoms with van der Waals surface area (Å²) >= 11 is 0. The molecule has 2 amide bonds. The van der Waals surface area contributed by atoms with Gasteiger partial charge in [0.25, 0.3) is 0 Å². The van der Waals surface area contributed by atoms with E-state index in [4.69, 9.17) is 10.2 Å². The molecule has 1 aromatic carbocycles. The van der Waals surface area contributed by atoms with Gasteiger partial charge in [-0.1, -0.05) is 18.2 Å². The van der Waals surface area contributed by atoms with Gasteiger partial charge in [-0.3, -0.25) is 4.79 Å². The predicted octanol–water partition coefficient (Wildman–Crippen LogP) is 1.11. The Morgan fingerprint density at radius 1 is 1.19 bits per heavy atom. The summed E-state index contributed by atoms with van der Waals surface area (Å²) in [4.78, 5) is 32.9. The highest BCUT2D eigenvalue weighted by Gasteiger charge is 2.24. The Bertz CT molecular complexity index is 549. The third-order valence-electron chi connectivity index (χ3n) is 2.70. The number of benzene rings is 1. The molecule has 0 fully saturated rings. The van der Waals surface area contributed by atoms with Gasteiger partial charge in [0.15, 0.2) is 0 Å². The summed E-state index contributed by atoms with van der Waals surface area (Å²) < 4.78 is 13.5. The molecule has 7 nitrogen and oxygen atoms in total. The lowest BCUT2D eigenvalue weighted by atomic mass is 10.1. The van der Waals surface area contributed by atoms with Crippen LogP contribution in [0.2, 0.25) is 0 Å². The van der Waals surface area contributed by atoms with Gasteiger partial charge in [0, 0.05) is 5.56 Å². The van der Waals surface area contributed by atoms with Crippen molar-refractivity contribution < 1.29 is 29.0 Å². The molecule has 4 N–H and O–H groups in total. The van der Waals surface area contributed by atoms with Crippen LogP contribution in [0.5, 0.6) is 0 Å². The van der Waals surface area contributed by atoms with Gasteiger partial charge in [-0.05, 0) is 13.0 Å². The lowest BCUT2D eigenvalue weighted by molar-refractivity contribution is -0.145. The zero-order valence-corrected chi connectivity index (χ0v) is 11.2. The highest BCUT2D eigenvalue weighted by atomic mass is 19.1. The van der Waals surface area contributed by atoms with Crippen LogP contribution in [0, 0.1) is 5.82 Å². The zero-order chi connectivity index (χ0) is 16.0. The molecular weight excluding hydrogens is 283 g/mol. The third-order valence-corrected chi connectivity index (χ3v) is 2.70. The minimum absolute atomic E-state index is 0.234.